The predicted molar refractivity (Wildman–Crippen MR) is 77.1 cm³/mol. The van der Waals surface area contributed by atoms with E-state index in [-0.39, 0.29) is 37.4 Å². The van der Waals surface area contributed by atoms with Crippen LogP contribution in [0.25, 0.3) is 0 Å². The first-order valence-corrected chi connectivity index (χ1v) is 8.65. The molecule has 6 nitrogen and oxygen atoms in total. The number of ketones is 1. The van der Waals surface area contributed by atoms with E-state index in [1.807, 2.05) is 13.8 Å². The maximum Gasteiger partial charge on any atom is 0.264 e. The Morgan fingerprint density at radius 2 is 1.55 bits per heavy atom. The number of nitrogens with zero attached hydrogens (tertiary/aromatic N) is 1. The van der Waals surface area contributed by atoms with Crippen LogP contribution in [0.15, 0.2) is 0 Å². The second kappa shape index (κ2) is 9.88. The maximum atomic E-state index is 11.9. The average Bonchev–Trinajstić information content (AvgIpc) is 2.34. The van der Waals surface area contributed by atoms with Gasteiger partial charge in [-0.2, -0.15) is 8.42 Å². The van der Waals surface area contributed by atoms with E-state index in [0.717, 1.165) is 12.8 Å². The summed E-state index contributed by atoms with van der Waals surface area (Å²) in [5.41, 5.74) is 0. The van der Waals surface area contributed by atoms with Gasteiger partial charge in [0.1, 0.15) is 5.78 Å². The van der Waals surface area contributed by atoms with Gasteiger partial charge in [0.2, 0.25) is 5.91 Å². The molecule has 20 heavy (non-hydrogen) atoms. The highest BCUT2D eigenvalue weighted by molar-refractivity contribution is 7.85. The molecule has 0 heterocycles. The van der Waals surface area contributed by atoms with Crippen LogP contribution < -0.4 is 0 Å². The van der Waals surface area contributed by atoms with E-state index in [4.69, 9.17) is 4.55 Å². The molecule has 0 rings (SSSR count). The van der Waals surface area contributed by atoms with E-state index >= 15 is 0 Å². The minimum atomic E-state index is -4.01. The Labute approximate surface area is 121 Å². The smallest absolute Gasteiger partial charge is 0.264 e. The molecule has 7 heteroatoms. The summed E-state index contributed by atoms with van der Waals surface area (Å²) < 4.78 is 29.5. The van der Waals surface area contributed by atoms with Gasteiger partial charge in [0.15, 0.2) is 0 Å². The minimum Gasteiger partial charge on any atom is -0.343 e. The Morgan fingerprint density at radius 3 is 2.00 bits per heavy atom. The summed E-state index contributed by atoms with van der Waals surface area (Å²) in [6, 6.07) is 0. The fourth-order valence-electron chi connectivity index (χ4n) is 1.88. The lowest BCUT2D eigenvalue weighted by molar-refractivity contribution is -0.133. The lowest BCUT2D eigenvalue weighted by atomic mass is 10.1. The molecule has 0 saturated carbocycles. The quantitative estimate of drug-likeness (QED) is 0.586. The SMILES string of the molecule is CCCN(CCC)C(=O)CCC(=O)CCCS(=O)(=O)O. The van der Waals surface area contributed by atoms with Crippen molar-refractivity contribution in [3.8, 4) is 0 Å². The third-order valence-electron chi connectivity index (χ3n) is 2.82. The van der Waals surface area contributed by atoms with Crippen LogP contribution in [-0.2, 0) is 19.7 Å². The Morgan fingerprint density at radius 1 is 1.00 bits per heavy atom. The van der Waals surface area contributed by atoms with Gasteiger partial charge in [-0.25, -0.2) is 0 Å². The maximum absolute atomic E-state index is 11.9. The second-order valence-electron chi connectivity index (χ2n) is 4.81. The van der Waals surface area contributed by atoms with Gasteiger partial charge in [0.05, 0.1) is 5.75 Å². The lowest BCUT2D eigenvalue weighted by Gasteiger charge is -2.21. The fourth-order valence-corrected chi connectivity index (χ4v) is 2.39. The molecule has 1 N–H and O–H groups in total. The molecule has 0 aliphatic carbocycles. The van der Waals surface area contributed by atoms with E-state index in [2.05, 4.69) is 0 Å². The molecule has 118 valence electrons. The third kappa shape index (κ3) is 9.91. The normalized spacial score (nSPS) is 11.3. The van der Waals surface area contributed by atoms with Gasteiger partial charge in [-0.3, -0.25) is 14.1 Å². The third-order valence-corrected chi connectivity index (χ3v) is 3.62. The Balaban J connectivity index is 4.00. The number of rotatable bonds is 11. The zero-order valence-electron chi connectivity index (χ0n) is 12.3. The van der Waals surface area contributed by atoms with Crippen LogP contribution in [-0.4, -0.2) is 48.4 Å². The summed E-state index contributed by atoms with van der Waals surface area (Å²) in [6.45, 7) is 5.39. The van der Waals surface area contributed by atoms with Crippen LogP contribution in [0, 0.1) is 0 Å². The summed E-state index contributed by atoms with van der Waals surface area (Å²) in [5, 5.41) is 0. The molecular weight excluding hydrogens is 282 g/mol. The standard InChI is InChI=1S/C13H25NO5S/c1-3-9-14(10-4-2)13(16)8-7-12(15)6-5-11-20(17,18)19/h3-11H2,1-2H3,(H,17,18,19). The summed E-state index contributed by atoms with van der Waals surface area (Å²) >= 11 is 0. The van der Waals surface area contributed by atoms with Gasteiger partial charge in [0.25, 0.3) is 10.1 Å². The Hall–Kier alpha value is -0.950. The van der Waals surface area contributed by atoms with Crippen molar-refractivity contribution < 1.29 is 22.6 Å². The molecule has 0 bridgehead atoms. The highest BCUT2D eigenvalue weighted by atomic mass is 32.2. The highest BCUT2D eigenvalue weighted by Gasteiger charge is 2.14. The van der Waals surface area contributed by atoms with Gasteiger partial charge in [-0.05, 0) is 19.3 Å². The van der Waals surface area contributed by atoms with E-state index in [0.29, 0.717) is 13.1 Å². The zero-order chi connectivity index (χ0) is 15.6. The monoisotopic (exact) mass is 307 g/mol. The van der Waals surface area contributed by atoms with Crippen LogP contribution in [0.4, 0.5) is 0 Å². The van der Waals surface area contributed by atoms with Crippen LogP contribution in [0.5, 0.6) is 0 Å². The van der Waals surface area contributed by atoms with E-state index in [1.165, 1.54) is 0 Å². The van der Waals surface area contributed by atoms with E-state index in [9.17, 15) is 18.0 Å². The van der Waals surface area contributed by atoms with Crippen molar-refractivity contribution in [2.45, 2.75) is 52.4 Å². The molecule has 0 saturated heterocycles. The summed E-state index contributed by atoms with van der Waals surface area (Å²) in [7, 11) is -4.01. The van der Waals surface area contributed by atoms with Crippen molar-refractivity contribution in [3.63, 3.8) is 0 Å². The van der Waals surface area contributed by atoms with Crippen LogP contribution in [0.1, 0.15) is 52.4 Å². The van der Waals surface area contributed by atoms with Crippen molar-refractivity contribution in [2.24, 2.45) is 0 Å². The van der Waals surface area contributed by atoms with Gasteiger partial charge in [-0.15, -0.1) is 0 Å². The molecule has 0 atom stereocenters. The molecule has 0 spiro atoms. The molecule has 1 amide bonds. The molecule has 0 unspecified atom stereocenters. The molecule has 0 aliphatic heterocycles. The van der Waals surface area contributed by atoms with Crippen molar-refractivity contribution in [1.29, 1.82) is 0 Å². The average molecular weight is 307 g/mol. The summed E-state index contributed by atoms with van der Waals surface area (Å²) in [6.07, 6.45) is 2.25. The second-order valence-corrected chi connectivity index (χ2v) is 6.38. The van der Waals surface area contributed by atoms with Gasteiger partial charge >= 0.3 is 0 Å². The molecule has 0 fully saturated rings. The number of hydrogen-bond donors (Lipinski definition) is 1. The lowest BCUT2D eigenvalue weighted by Crippen LogP contribution is -2.32. The molecule has 0 radical (unpaired) electrons. The number of carbonyl (C=O) groups excluding carboxylic acids is 2. The van der Waals surface area contributed by atoms with E-state index in [1.54, 1.807) is 4.90 Å². The molecule has 0 aromatic carbocycles. The van der Waals surface area contributed by atoms with Crippen LogP contribution >= 0.6 is 0 Å². The number of hydrogen-bond acceptors (Lipinski definition) is 4. The summed E-state index contributed by atoms with van der Waals surface area (Å²) in [5.74, 6) is -0.587. The topological polar surface area (TPSA) is 91.8 Å². The number of carbonyl (C=O) groups is 2. The zero-order valence-corrected chi connectivity index (χ0v) is 13.1. The first kappa shape index (κ1) is 19.1. The van der Waals surface area contributed by atoms with Gasteiger partial charge in [0, 0.05) is 32.4 Å². The van der Waals surface area contributed by atoms with Crippen molar-refractivity contribution in [2.75, 3.05) is 18.8 Å². The minimum absolute atomic E-state index is 0.0307. The number of amides is 1. The number of Topliss-reactive ketones (excluding diaryl/α,β-unsaturated/α-hetero) is 1. The fraction of sp³-hybridized carbons (Fsp3) is 0.846. The molecule has 0 aromatic heterocycles. The van der Waals surface area contributed by atoms with Crippen LogP contribution in [0.3, 0.4) is 0 Å². The van der Waals surface area contributed by atoms with Crippen LogP contribution in [0.2, 0.25) is 0 Å². The predicted octanol–water partition coefficient (Wildman–Crippen LogP) is 1.65. The van der Waals surface area contributed by atoms with Gasteiger partial charge < -0.3 is 4.90 Å². The van der Waals surface area contributed by atoms with Gasteiger partial charge in [-0.1, -0.05) is 13.8 Å². The highest BCUT2D eigenvalue weighted by Crippen LogP contribution is 2.05. The first-order valence-electron chi connectivity index (χ1n) is 7.04. The van der Waals surface area contributed by atoms with Crippen molar-refractivity contribution in [1.82, 2.24) is 4.90 Å². The van der Waals surface area contributed by atoms with Crippen molar-refractivity contribution in [3.05, 3.63) is 0 Å². The Kier molecular flexibility index (Phi) is 9.41. The first-order chi connectivity index (χ1) is 9.30. The molecular formula is C13H25NO5S. The summed E-state index contributed by atoms with van der Waals surface area (Å²) in [4.78, 5) is 25.2. The van der Waals surface area contributed by atoms with Crippen molar-refractivity contribution >= 4 is 21.8 Å². The van der Waals surface area contributed by atoms with E-state index < -0.39 is 15.9 Å². The Bertz CT molecular complexity index is 399. The molecule has 0 aromatic rings. The largest absolute Gasteiger partial charge is 0.343 e. The molecule has 0 aliphatic rings.